The molecule has 1 spiro atoms. The van der Waals surface area contributed by atoms with Crippen molar-refractivity contribution in [1.29, 1.82) is 0 Å². The maximum atomic E-state index is 13.8. The molecule has 0 bridgehead atoms. The molecule has 6 nitrogen and oxygen atoms in total. The largest absolute Gasteiger partial charge is 0.361 e. The summed E-state index contributed by atoms with van der Waals surface area (Å²) in [7, 11) is 0. The molecule has 5 rings (SSSR count). The highest BCUT2D eigenvalue weighted by molar-refractivity contribution is 7.09. The van der Waals surface area contributed by atoms with Crippen LogP contribution in [0.5, 0.6) is 0 Å². The molecule has 7 heteroatoms. The van der Waals surface area contributed by atoms with Gasteiger partial charge in [0.15, 0.2) is 5.60 Å². The lowest BCUT2D eigenvalue weighted by atomic mass is 9.83. The van der Waals surface area contributed by atoms with E-state index < -0.39 is 5.60 Å². The first kappa shape index (κ1) is 19.4. The molecule has 154 valence electrons. The second kappa shape index (κ2) is 8.26. The summed E-state index contributed by atoms with van der Waals surface area (Å²) in [5.41, 5.74) is 1.28. The number of carbonyl (C=O) groups is 1. The van der Waals surface area contributed by atoms with Crippen molar-refractivity contribution in [3.8, 4) is 0 Å². The molecule has 2 aliphatic heterocycles. The third-order valence-corrected chi connectivity index (χ3v) is 6.86. The van der Waals surface area contributed by atoms with E-state index in [0.29, 0.717) is 26.2 Å². The monoisotopic (exact) mass is 420 g/mol. The van der Waals surface area contributed by atoms with Gasteiger partial charge >= 0.3 is 0 Å². The van der Waals surface area contributed by atoms with E-state index in [4.69, 9.17) is 4.74 Å². The van der Waals surface area contributed by atoms with E-state index in [9.17, 15) is 4.79 Å². The first-order valence-corrected chi connectivity index (χ1v) is 11.1. The van der Waals surface area contributed by atoms with E-state index in [2.05, 4.69) is 38.4 Å². The number of hydrogen-bond donors (Lipinski definition) is 0. The van der Waals surface area contributed by atoms with Gasteiger partial charge in [-0.15, -0.1) is 11.3 Å². The van der Waals surface area contributed by atoms with Crippen LogP contribution < -0.4 is 0 Å². The lowest BCUT2D eigenvalue weighted by Gasteiger charge is -2.42. The molecule has 0 N–H and O–H groups in total. The van der Waals surface area contributed by atoms with Crippen molar-refractivity contribution >= 4 is 17.2 Å². The molecule has 2 fully saturated rings. The van der Waals surface area contributed by atoms with E-state index in [0.717, 1.165) is 24.2 Å². The van der Waals surface area contributed by atoms with Crippen molar-refractivity contribution in [2.45, 2.75) is 24.6 Å². The van der Waals surface area contributed by atoms with Crippen molar-refractivity contribution in [1.82, 2.24) is 19.8 Å². The number of aromatic nitrogens is 2. The molecule has 0 aromatic carbocycles. The smallest absolute Gasteiger partial charge is 0.257 e. The van der Waals surface area contributed by atoms with E-state index in [1.54, 1.807) is 29.9 Å². The van der Waals surface area contributed by atoms with Crippen LogP contribution in [0.15, 0.2) is 66.6 Å². The van der Waals surface area contributed by atoms with Crippen LogP contribution in [0.25, 0.3) is 0 Å². The molecule has 30 heavy (non-hydrogen) atoms. The molecule has 2 atom stereocenters. The highest BCUT2D eigenvalue weighted by Crippen LogP contribution is 2.42. The molecule has 3 aromatic rings. The Balaban J connectivity index is 1.45. The molecular formula is C23H24N4O2S. The number of hydrogen-bond acceptors (Lipinski definition) is 6. The highest BCUT2D eigenvalue weighted by Gasteiger charge is 2.57. The van der Waals surface area contributed by atoms with E-state index in [1.807, 2.05) is 29.3 Å². The average Bonchev–Trinajstić information content (AvgIpc) is 3.42. The van der Waals surface area contributed by atoms with Crippen molar-refractivity contribution in [2.24, 2.45) is 0 Å². The molecule has 0 saturated carbocycles. The van der Waals surface area contributed by atoms with Crippen LogP contribution in [0, 0.1) is 0 Å². The Morgan fingerprint density at radius 3 is 2.77 bits per heavy atom. The number of thiophene rings is 1. The van der Waals surface area contributed by atoms with Crippen LogP contribution in [-0.4, -0.2) is 57.5 Å². The summed E-state index contributed by atoms with van der Waals surface area (Å²) in [6.07, 6.45) is 7.19. The summed E-state index contributed by atoms with van der Waals surface area (Å²) in [6.45, 7) is 3.93. The third kappa shape index (κ3) is 3.64. The zero-order valence-electron chi connectivity index (χ0n) is 16.7. The Hall–Kier alpha value is -2.61. The lowest BCUT2D eigenvalue weighted by Crippen LogP contribution is -2.59. The molecule has 5 heterocycles. The van der Waals surface area contributed by atoms with Gasteiger partial charge in [0.25, 0.3) is 5.91 Å². The second-order valence-corrected chi connectivity index (χ2v) is 8.94. The predicted molar refractivity (Wildman–Crippen MR) is 115 cm³/mol. The summed E-state index contributed by atoms with van der Waals surface area (Å²) < 4.78 is 6.35. The summed E-state index contributed by atoms with van der Waals surface area (Å²) in [6, 6.07) is 12.1. The quantitative estimate of drug-likeness (QED) is 0.635. The number of rotatable bonds is 5. The molecule has 1 amide bonds. The van der Waals surface area contributed by atoms with E-state index in [1.165, 1.54) is 4.88 Å². The Kier molecular flexibility index (Phi) is 5.33. The van der Waals surface area contributed by atoms with Gasteiger partial charge in [0.2, 0.25) is 0 Å². The van der Waals surface area contributed by atoms with Gasteiger partial charge in [0.05, 0.1) is 6.61 Å². The molecular weight excluding hydrogens is 396 g/mol. The topological polar surface area (TPSA) is 58.6 Å². The highest BCUT2D eigenvalue weighted by atomic mass is 32.1. The van der Waals surface area contributed by atoms with Gasteiger partial charge in [-0.05, 0) is 40.8 Å². The summed E-state index contributed by atoms with van der Waals surface area (Å²) >= 11 is 1.75. The number of ether oxygens (including phenoxy) is 1. The lowest BCUT2D eigenvalue weighted by molar-refractivity contribution is -0.173. The van der Waals surface area contributed by atoms with Gasteiger partial charge in [-0.25, -0.2) is 0 Å². The van der Waals surface area contributed by atoms with Crippen molar-refractivity contribution < 1.29 is 9.53 Å². The number of likely N-dealkylation sites (tertiary alicyclic amines) is 1. The van der Waals surface area contributed by atoms with Crippen LogP contribution in [0.1, 0.15) is 21.9 Å². The van der Waals surface area contributed by atoms with Crippen LogP contribution >= 0.6 is 11.3 Å². The fraction of sp³-hybridized carbons (Fsp3) is 0.348. The Labute approximate surface area is 180 Å². The standard InChI is InChI=1S/C23H24N4O2S/c28-22-23(29-11-10-27(22)14-18-5-8-24-9-6-18)17-26(15-20-4-2-12-30-20)16-21(23)19-3-1-7-25-13-19/h1-9,12-13,21H,10-11,14-17H2/t21-,23-/m1/s1. The first-order chi connectivity index (χ1) is 14.7. The number of carbonyl (C=O) groups excluding carboxylic acids is 1. The van der Waals surface area contributed by atoms with Gasteiger partial charge in [-0.3, -0.25) is 19.7 Å². The first-order valence-electron chi connectivity index (χ1n) is 10.2. The summed E-state index contributed by atoms with van der Waals surface area (Å²) in [5.74, 6) is 0.0343. The zero-order chi connectivity index (χ0) is 20.4. The molecule has 2 aliphatic rings. The molecule has 2 saturated heterocycles. The van der Waals surface area contributed by atoms with E-state index >= 15 is 0 Å². The molecule has 0 unspecified atom stereocenters. The Morgan fingerprint density at radius 1 is 1.10 bits per heavy atom. The SMILES string of the molecule is O=C1N(Cc2ccncc2)CCO[C@@]12CN(Cc1cccs1)C[C@@H]2c1cccnc1. The average molecular weight is 421 g/mol. The summed E-state index contributed by atoms with van der Waals surface area (Å²) in [4.78, 5) is 27.8. The molecule has 3 aromatic heterocycles. The summed E-state index contributed by atoms with van der Waals surface area (Å²) in [5, 5.41) is 2.10. The normalized spacial score (nSPS) is 24.6. The number of amides is 1. The van der Waals surface area contributed by atoms with Gasteiger partial charge in [-0.1, -0.05) is 12.1 Å². The second-order valence-electron chi connectivity index (χ2n) is 7.91. The number of morpholine rings is 1. The number of pyridine rings is 2. The van der Waals surface area contributed by atoms with Crippen molar-refractivity contribution in [3.63, 3.8) is 0 Å². The maximum absolute atomic E-state index is 13.8. The predicted octanol–water partition coefficient (Wildman–Crippen LogP) is 2.94. The maximum Gasteiger partial charge on any atom is 0.257 e. The van der Waals surface area contributed by atoms with Gasteiger partial charge in [0, 0.05) is 68.3 Å². The minimum absolute atomic E-state index is 0.0427. The van der Waals surface area contributed by atoms with Crippen molar-refractivity contribution in [3.05, 3.63) is 82.6 Å². The molecule has 0 aliphatic carbocycles. The van der Waals surface area contributed by atoms with Crippen molar-refractivity contribution in [2.75, 3.05) is 26.2 Å². The zero-order valence-corrected chi connectivity index (χ0v) is 17.5. The van der Waals surface area contributed by atoms with Crippen LogP contribution in [0.4, 0.5) is 0 Å². The van der Waals surface area contributed by atoms with Gasteiger partial charge < -0.3 is 9.64 Å². The fourth-order valence-electron chi connectivity index (χ4n) is 4.60. The molecule has 0 radical (unpaired) electrons. The third-order valence-electron chi connectivity index (χ3n) is 6.00. The minimum atomic E-state index is -0.869. The van der Waals surface area contributed by atoms with Crippen LogP contribution in [-0.2, 0) is 22.6 Å². The van der Waals surface area contributed by atoms with Gasteiger partial charge in [0.1, 0.15) is 0 Å². The Morgan fingerprint density at radius 2 is 2.00 bits per heavy atom. The van der Waals surface area contributed by atoms with Crippen LogP contribution in [0.3, 0.4) is 0 Å². The minimum Gasteiger partial charge on any atom is -0.361 e. The Bertz CT molecular complexity index is 983. The fourth-order valence-corrected chi connectivity index (χ4v) is 5.35. The van der Waals surface area contributed by atoms with Gasteiger partial charge in [-0.2, -0.15) is 0 Å². The van der Waals surface area contributed by atoms with Crippen LogP contribution in [0.2, 0.25) is 0 Å². The van der Waals surface area contributed by atoms with E-state index in [-0.39, 0.29) is 11.8 Å². The number of nitrogens with zero attached hydrogens (tertiary/aromatic N) is 4.